The van der Waals surface area contributed by atoms with Gasteiger partial charge in [-0.3, -0.25) is 4.79 Å². The van der Waals surface area contributed by atoms with Crippen molar-refractivity contribution in [3.05, 3.63) is 29.1 Å². The molecule has 21 heavy (non-hydrogen) atoms. The maximum absolute atomic E-state index is 13.6. The first kappa shape index (κ1) is 17.6. The van der Waals surface area contributed by atoms with E-state index in [0.29, 0.717) is 0 Å². The van der Waals surface area contributed by atoms with Gasteiger partial charge in [0, 0.05) is 11.1 Å². The molecule has 1 aromatic rings. The van der Waals surface area contributed by atoms with Crippen LogP contribution in [0.1, 0.15) is 49.5 Å². The third-order valence-corrected chi connectivity index (χ3v) is 4.24. The van der Waals surface area contributed by atoms with Crippen LogP contribution in [0.5, 0.6) is 0 Å². The van der Waals surface area contributed by atoms with E-state index in [4.69, 9.17) is 5.14 Å². The zero-order valence-corrected chi connectivity index (χ0v) is 13.5. The first-order valence-corrected chi connectivity index (χ1v) is 8.18. The Morgan fingerprint density at radius 1 is 1.38 bits per heavy atom. The van der Waals surface area contributed by atoms with E-state index in [0.717, 1.165) is 25.0 Å². The highest BCUT2D eigenvalue weighted by Gasteiger charge is 2.24. The number of carbonyl (C=O) groups excluding carboxylic acids is 1. The lowest BCUT2D eigenvalue weighted by Gasteiger charge is -2.26. The van der Waals surface area contributed by atoms with Crippen LogP contribution in [0.3, 0.4) is 0 Å². The smallest absolute Gasteiger partial charge is 0.252 e. The molecule has 1 amide bonds. The second-order valence-electron chi connectivity index (χ2n) is 5.71. The van der Waals surface area contributed by atoms with Crippen molar-refractivity contribution in [2.45, 2.75) is 51.0 Å². The quantitative estimate of drug-likeness (QED) is 0.871. The summed E-state index contributed by atoms with van der Waals surface area (Å²) in [5.41, 5.74) is -0.348. The van der Waals surface area contributed by atoms with Crippen LogP contribution in [0.2, 0.25) is 0 Å². The Kier molecular flexibility index (Phi) is 5.11. The first-order valence-electron chi connectivity index (χ1n) is 6.63. The van der Waals surface area contributed by atoms with Gasteiger partial charge in [-0.15, -0.1) is 0 Å². The van der Waals surface area contributed by atoms with E-state index < -0.39 is 27.3 Å². The van der Waals surface area contributed by atoms with Gasteiger partial charge in [0.25, 0.3) is 5.91 Å². The maximum atomic E-state index is 13.6. The lowest BCUT2D eigenvalue weighted by atomic mass is 9.97. The van der Waals surface area contributed by atoms with Gasteiger partial charge in [0.05, 0.1) is 4.90 Å². The van der Waals surface area contributed by atoms with Crippen molar-refractivity contribution in [1.29, 1.82) is 0 Å². The number of benzene rings is 1. The minimum absolute atomic E-state index is 0.0248. The number of halogens is 1. The number of nitrogens with two attached hydrogens (primary N) is 1. The van der Waals surface area contributed by atoms with Crippen molar-refractivity contribution in [2.24, 2.45) is 5.14 Å². The Balaban J connectivity index is 3.26. The number of primary sulfonamides is 1. The van der Waals surface area contributed by atoms with Crippen LogP contribution in [0.15, 0.2) is 17.0 Å². The summed E-state index contributed by atoms with van der Waals surface area (Å²) in [7, 11) is -4.09. The van der Waals surface area contributed by atoms with Crippen LogP contribution in [0.4, 0.5) is 4.39 Å². The van der Waals surface area contributed by atoms with Gasteiger partial charge in [-0.25, -0.2) is 17.9 Å². The number of hydrogen-bond acceptors (Lipinski definition) is 3. The zero-order valence-electron chi connectivity index (χ0n) is 12.7. The molecule has 0 bridgehead atoms. The number of rotatable bonds is 5. The standard InChI is InChI=1S/C14H21FN2O3S/c1-5-6-14(3,4)17-13(18)11-7-10(15)8-12(9(11)2)21(16,19)20/h7-8H,5-6H2,1-4H3,(H,17,18)(H2,16,19,20). The maximum Gasteiger partial charge on any atom is 0.252 e. The molecule has 0 heterocycles. The Morgan fingerprint density at radius 2 is 1.95 bits per heavy atom. The molecule has 0 unspecified atom stereocenters. The molecule has 118 valence electrons. The summed E-state index contributed by atoms with van der Waals surface area (Å²) in [6.45, 7) is 7.12. The van der Waals surface area contributed by atoms with E-state index in [9.17, 15) is 17.6 Å². The summed E-state index contributed by atoms with van der Waals surface area (Å²) in [5, 5.41) is 7.82. The van der Waals surface area contributed by atoms with Gasteiger partial charge >= 0.3 is 0 Å². The molecule has 1 aromatic carbocycles. The lowest BCUT2D eigenvalue weighted by molar-refractivity contribution is 0.0907. The van der Waals surface area contributed by atoms with E-state index in [1.54, 1.807) is 0 Å². The molecule has 0 aliphatic carbocycles. The molecule has 7 heteroatoms. The van der Waals surface area contributed by atoms with E-state index in [1.165, 1.54) is 6.92 Å². The minimum Gasteiger partial charge on any atom is -0.347 e. The van der Waals surface area contributed by atoms with Gasteiger partial charge in [0.2, 0.25) is 10.0 Å². The molecule has 0 saturated heterocycles. The molecule has 0 fully saturated rings. The van der Waals surface area contributed by atoms with Gasteiger partial charge in [-0.1, -0.05) is 13.3 Å². The van der Waals surface area contributed by atoms with Crippen molar-refractivity contribution in [3.8, 4) is 0 Å². The average Bonchev–Trinajstić information content (AvgIpc) is 2.29. The van der Waals surface area contributed by atoms with Gasteiger partial charge in [0.15, 0.2) is 0 Å². The molecular formula is C14H21FN2O3S. The monoisotopic (exact) mass is 316 g/mol. The lowest BCUT2D eigenvalue weighted by Crippen LogP contribution is -2.43. The molecule has 0 aliphatic heterocycles. The largest absolute Gasteiger partial charge is 0.347 e. The summed E-state index contributed by atoms with van der Waals surface area (Å²) >= 11 is 0. The highest BCUT2D eigenvalue weighted by atomic mass is 32.2. The van der Waals surface area contributed by atoms with Crippen molar-refractivity contribution in [3.63, 3.8) is 0 Å². The third-order valence-electron chi connectivity index (χ3n) is 3.20. The fourth-order valence-electron chi connectivity index (χ4n) is 2.25. The number of sulfonamides is 1. The first-order chi connectivity index (χ1) is 9.48. The van der Waals surface area contributed by atoms with Crippen LogP contribution >= 0.6 is 0 Å². The Hall–Kier alpha value is -1.47. The molecular weight excluding hydrogens is 295 g/mol. The van der Waals surface area contributed by atoms with Crippen molar-refractivity contribution in [2.75, 3.05) is 0 Å². The Morgan fingerprint density at radius 3 is 2.43 bits per heavy atom. The Bertz CT molecular complexity index is 654. The normalized spacial score (nSPS) is 12.3. The average molecular weight is 316 g/mol. The zero-order chi connectivity index (χ0) is 16.4. The van der Waals surface area contributed by atoms with Crippen LogP contribution < -0.4 is 10.5 Å². The molecule has 0 aliphatic rings. The van der Waals surface area contributed by atoms with E-state index in [1.807, 2.05) is 20.8 Å². The van der Waals surface area contributed by atoms with E-state index in [2.05, 4.69) is 5.32 Å². The molecule has 1 rings (SSSR count). The summed E-state index contributed by atoms with van der Waals surface area (Å²) in [6, 6.07) is 1.83. The van der Waals surface area contributed by atoms with E-state index >= 15 is 0 Å². The number of carbonyl (C=O) groups is 1. The predicted molar refractivity (Wildman–Crippen MR) is 79.0 cm³/mol. The van der Waals surface area contributed by atoms with Crippen LogP contribution in [-0.4, -0.2) is 19.9 Å². The topological polar surface area (TPSA) is 89.3 Å². The number of nitrogens with one attached hydrogen (secondary N) is 1. The molecule has 0 radical (unpaired) electrons. The summed E-state index contributed by atoms with van der Waals surface area (Å²) in [4.78, 5) is 11.9. The predicted octanol–water partition coefficient (Wildman–Crippen LogP) is 2.09. The molecule has 5 nitrogen and oxygen atoms in total. The minimum atomic E-state index is -4.09. The van der Waals surface area contributed by atoms with Gasteiger partial charge in [0.1, 0.15) is 5.82 Å². The molecule has 0 aromatic heterocycles. The summed E-state index contributed by atoms with van der Waals surface area (Å²) in [5.74, 6) is -1.33. The molecule has 0 atom stereocenters. The Labute approximate surface area is 124 Å². The number of amides is 1. The van der Waals surface area contributed by atoms with Gasteiger partial charge in [-0.05, 0) is 44.9 Å². The van der Waals surface area contributed by atoms with Gasteiger partial charge < -0.3 is 5.32 Å². The van der Waals surface area contributed by atoms with Gasteiger partial charge in [-0.2, -0.15) is 0 Å². The molecule has 0 saturated carbocycles. The number of hydrogen-bond donors (Lipinski definition) is 2. The van der Waals surface area contributed by atoms with Crippen molar-refractivity contribution in [1.82, 2.24) is 5.32 Å². The highest BCUT2D eigenvalue weighted by Crippen LogP contribution is 2.21. The van der Waals surface area contributed by atoms with Crippen molar-refractivity contribution < 1.29 is 17.6 Å². The van der Waals surface area contributed by atoms with Crippen LogP contribution in [0, 0.1) is 12.7 Å². The summed E-state index contributed by atoms with van der Waals surface area (Å²) < 4.78 is 36.5. The van der Waals surface area contributed by atoms with E-state index in [-0.39, 0.29) is 16.0 Å². The second-order valence-corrected chi connectivity index (χ2v) is 7.24. The van der Waals surface area contributed by atoms with Crippen LogP contribution in [-0.2, 0) is 10.0 Å². The molecule has 3 N–H and O–H groups in total. The fourth-order valence-corrected chi connectivity index (χ4v) is 3.06. The van der Waals surface area contributed by atoms with Crippen LogP contribution in [0.25, 0.3) is 0 Å². The SMILES string of the molecule is CCCC(C)(C)NC(=O)c1cc(F)cc(S(N)(=O)=O)c1C. The second kappa shape index (κ2) is 6.11. The van der Waals surface area contributed by atoms with Crippen molar-refractivity contribution >= 4 is 15.9 Å². The fraction of sp³-hybridized carbons (Fsp3) is 0.500. The third kappa shape index (κ3) is 4.50. The highest BCUT2D eigenvalue weighted by molar-refractivity contribution is 7.89. The summed E-state index contributed by atoms with van der Waals surface area (Å²) in [6.07, 6.45) is 1.62. The molecule has 0 spiro atoms.